The quantitative estimate of drug-likeness (QED) is 0.296. The number of rotatable bonds is 8. The lowest BCUT2D eigenvalue weighted by Gasteiger charge is -2.34. The van der Waals surface area contributed by atoms with Gasteiger partial charge < -0.3 is 19.0 Å². The lowest BCUT2D eigenvalue weighted by Crippen LogP contribution is -2.57. The molecule has 3 rings (SSSR count). The van der Waals surface area contributed by atoms with E-state index in [2.05, 4.69) is 18.2 Å². The SMILES string of the molecule is COC(=O)C(CC1=CC(OS)CCC1)(NC(=O)OCc1ccccc1)C1CC1. The summed E-state index contributed by atoms with van der Waals surface area (Å²) in [7, 11) is 1.35. The maximum absolute atomic E-state index is 12.8. The van der Waals surface area contributed by atoms with Gasteiger partial charge in [-0.1, -0.05) is 42.0 Å². The molecule has 0 spiro atoms. The number of thiol groups is 1. The third-order valence-corrected chi connectivity index (χ3v) is 5.68. The van der Waals surface area contributed by atoms with Gasteiger partial charge in [0.2, 0.25) is 0 Å². The molecule has 2 aliphatic rings. The largest absolute Gasteiger partial charge is 0.467 e. The summed E-state index contributed by atoms with van der Waals surface area (Å²) in [5, 5.41) is 2.86. The number of methoxy groups -OCH3 is 1. The maximum atomic E-state index is 12.8. The second-order valence-electron chi connectivity index (χ2n) is 7.46. The first-order chi connectivity index (χ1) is 13.6. The Kier molecular flexibility index (Phi) is 7.02. The Balaban J connectivity index is 1.73. The molecular weight excluding hydrogens is 378 g/mol. The fraction of sp³-hybridized carbons (Fsp3) is 0.524. The van der Waals surface area contributed by atoms with Crippen molar-refractivity contribution in [3.63, 3.8) is 0 Å². The van der Waals surface area contributed by atoms with Crippen LogP contribution in [0.1, 0.15) is 44.1 Å². The van der Waals surface area contributed by atoms with E-state index in [9.17, 15) is 9.59 Å². The van der Waals surface area contributed by atoms with Crippen LogP contribution in [-0.2, 0) is 25.1 Å². The van der Waals surface area contributed by atoms with Crippen LogP contribution in [0.5, 0.6) is 0 Å². The minimum Gasteiger partial charge on any atom is -0.467 e. The number of alkyl carbamates (subject to hydrolysis) is 1. The van der Waals surface area contributed by atoms with Crippen molar-refractivity contribution in [2.24, 2.45) is 5.92 Å². The molecule has 6 nitrogen and oxygen atoms in total. The van der Waals surface area contributed by atoms with Crippen LogP contribution in [0.15, 0.2) is 42.0 Å². The Labute approximate surface area is 171 Å². The summed E-state index contributed by atoms with van der Waals surface area (Å²) in [4.78, 5) is 25.3. The van der Waals surface area contributed by atoms with Crippen LogP contribution >= 0.6 is 12.9 Å². The fourth-order valence-corrected chi connectivity index (χ4v) is 3.99. The van der Waals surface area contributed by atoms with Gasteiger partial charge in [0, 0.05) is 6.42 Å². The molecule has 0 heterocycles. The van der Waals surface area contributed by atoms with E-state index in [0.717, 1.165) is 43.2 Å². The average molecular weight is 406 g/mol. The highest BCUT2D eigenvalue weighted by molar-refractivity contribution is 7.75. The first kappa shape index (κ1) is 20.7. The number of carbonyl (C=O) groups is 2. The van der Waals surface area contributed by atoms with Crippen molar-refractivity contribution in [1.29, 1.82) is 0 Å². The summed E-state index contributed by atoms with van der Waals surface area (Å²) in [6.07, 6.45) is 6.17. The minimum absolute atomic E-state index is 0.0439. The molecule has 0 radical (unpaired) electrons. The fourth-order valence-electron chi connectivity index (χ4n) is 3.83. The van der Waals surface area contributed by atoms with E-state index in [1.54, 1.807) is 0 Å². The maximum Gasteiger partial charge on any atom is 0.408 e. The number of carbonyl (C=O) groups excluding carboxylic acids is 2. The Hall–Kier alpha value is -1.99. The van der Waals surface area contributed by atoms with E-state index in [4.69, 9.17) is 13.7 Å². The standard InChI is InChI=1S/C21H27NO5S/c1-25-19(23)21(17-10-11-17,13-16-8-5-9-18(12-16)27-28)22-20(24)26-14-15-6-3-2-4-7-15/h2-4,6-7,12,17-18,28H,5,8-11,13-14H2,1H3,(H,22,24). The average Bonchev–Trinajstić information content (AvgIpc) is 3.58. The highest BCUT2D eigenvalue weighted by Crippen LogP contribution is 2.45. The monoisotopic (exact) mass is 405 g/mol. The smallest absolute Gasteiger partial charge is 0.408 e. The topological polar surface area (TPSA) is 73.9 Å². The molecule has 1 saturated carbocycles. The molecule has 2 aliphatic carbocycles. The van der Waals surface area contributed by atoms with Crippen LogP contribution in [0.3, 0.4) is 0 Å². The van der Waals surface area contributed by atoms with E-state index >= 15 is 0 Å². The minimum atomic E-state index is -1.10. The number of ether oxygens (including phenoxy) is 2. The van der Waals surface area contributed by atoms with Gasteiger partial charge in [-0.3, -0.25) is 0 Å². The first-order valence-electron chi connectivity index (χ1n) is 9.64. The number of hydrogen-bond acceptors (Lipinski definition) is 6. The molecule has 2 unspecified atom stereocenters. The summed E-state index contributed by atoms with van der Waals surface area (Å²) in [5.41, 5.74) is 0.856. The van der Waals surface area contributed by atoms with Crippen molar-refractivity contribution in [2.75, 3.05) is 7.11 Å². The Morgan fingerprint density at radius 2 is 1.96 bits per heavy atom. The zero-order valence-electron chi connectivity index (χ0n) is 16.1. The summed E-state index contributed by atoms with van der Waals surface area (Å²) in [5.74, 6) is -0.385. The lowest BCUT2D eigenvalue weighted by atomic mass is 9.82. The molecule has 0 aromatic heterocycles. The molecule has 152 valence electrons. The van der Waals surface area contributed by atoms with Gasteiger partial charge in [0.1, 0.15) is 12.1 Å². The van der Waals surface area contributed by atoms with E-state index in [-0.39, 0.29) is 18.6 Å². The molecular formula is C21H27NO5S. The lowest BCUT2D eigenvalue weighted by molar-refractivity contribution is -0.149. The van der Waals surface area contributed by atoms with Crippen molar-refractivity contribution >= 4 is 25.0 Å². The molecule has 1 aromatic rings. The molecule has 0 aliphatic heterocycles. The highest BCUT2D eigenvalue weighted by Gasteiger charge is 2.53. The zero-order valence-corrected chi connectivity index (χ0v) is 17.0. The van der Waals surface area contributed by atoms with Crippen molar-refractivity contribution in [3.8, 4) is 0 Å². The third-order valence-electron chi connectivity index (χ3n) is 5.41. The number of hydrogen-bond donors (Lipinski definition) is 2. The summed E-state index contributed by atoms with van der Waals surface area (Å²) < 4.78 is 15.6. The number of benzene rings is 1. The second kappa shape index (κ2) is 9.47. The Morgan fingerprint density at radius 3 is 2.61 bits per heavy atom. The van der Waals surface area contributed by atoms with Crippen molar-refractivity contribution < 1.29 is 23.2 Å². The summed E-state index contributed by atoms with van der Waals surface area (Å²) in [6.45, 7) is 0.146. The van der Waals surface area contributed by atoms with Gasteiger partial charge in [0.25, 0.3) is 0 Å². The zero-order chi connectivity index (χ0) is 20.0. The molecule has 7 heteroatoms. The van der Waals surface area contributed by atoms with Gasteiger partial charge in [0.15, 0.2) is 0 Å². The van der Waals surface area contributed by atoms with E-state index in [1.165, 1.54) is 7.11 Å². The first-order valence-corrected chi connectivity index (χ1v) is 10.0. The number of amides is 1. The van der Waals surface area contributed by atoms with E-state index in [1.807, 2.05) is 36.4 Å². The van der Waals surface area contributed by atoms with Crippen LogP contribution in [0.2, 0.25) is 0 Å². The molecule has 1 aromatic carbocycles. The molecule has 1 amide bonds. The molecule has 0 bridgehead atoms. The van der Waals surface area contributed by atoms with Crippen LogP contribution in [-0.4, -0.2) is 30.8 Å². The van der Waals surface area contributed by atoms with Crippen LogP contribution in [0, 0.1) is 5.92 Å². The van der Waals surface area contributed by atoms with Crippen molar-refractivity contribution in [1.82, 2.24) is 5.32 Å². The third kappa shape index (κ3) is 5.08. The summed E-state index contributed by atoms with van der Waals surface area (Å²) in [6, 6.07) is 9.43. The normalized spacial score (nSPS) is 21.2. The number of nitrogens with one attached hydrogen (secondary N) is 1. The molecule has 1 fully saturated rings. The van der Waals surface area contributed by atoms with E-state index < -0.39 is 17.6 Å². The Bertz CT molecular complexity index is 719. The highest BCUT2D eigenvalue weighted by atomic mass is 32.1. The van der Waals surface area contributed by atoms with E-state index in [0.29, 0.717) is 6.42 Å². The van der Waals surface area contributed by atoms with Crippen LogP contribution < -0.4 is 5.32 Å². The van der Waals surface area contributed by atoms with Gasteiger partial charge in [-0.25, -0.2) is 9.59 Å². The molecule has 0 saturated heterocycles. The van der Waals surface area contributed by atoms with Crippen molar-refractivity contribution in [3.05, 3.63) is 47.5 Å². The predicted molar refractivity (Wildman–Crippen MR) is 108 cm³/mol. The second-order valence-corrected chi connectivity index (χ2v) is 7.67. The van der Waals surface area contributed by atoms with Crippen LogP contribution in [0.25, 0.3) is 0 Å². The predicted octanol–water partition coefficient (Wildman–Crippen LogP) is 3.97. The summed E-state index contributed by atoms with van der Waals surface area (Å²) >= 11 is 3.92. The van der Waals surface area contributed by atoms with Gasteiger partial charge in [-0.2, -0.15) is 0 Å². The van der Waals surface area contributed by atoms with Crippen molar-refractivity contribution in [2.45, 2.75) is 56.8 Å². The molecule has 2 atom stereocenters. The number of esters is 1. The van der Waals surface area contributed by atoms with Gasteiger partial charge in [-0.05, 0) is 56.5 Å². The van der Waals surface area contributed by atoms with Gasteiger partial charge in [0.05, 0.1) is 13.2 Å². The molecule has 28 heavy (non-hydrogen) atoms. The van der Waals surface area contributed by atoms with Crippen LogP contribution in [0.4, 0.5) is 4.79 Å². The molecule has 1 N–H and O–H groups in total. The Morgan fingerprint density at radius 1 is 1.21 bits per heavy atom. The van der Waals surface area contributed by atoms with Gasteiger partial charge in [-0.15, -0.1) is 0 Å². The van der Waals surface area contributed by atoms with Gasteiger partial charge >= 0.3 is 12.1 Å².